The molecule has 6 nitrogen and oxygen atoms in total. The predicted molar refractivity (Wildman–Crippen MR) is 84.7 cm³/mol. The first-order valence-corrected chi connectivity index (χ1v) is 7.37. The van der Waals surface area contributed by atoms with E-state index < -0.39 is 24.5 Å². The van der Waals surface area contributed by atoms with Crippen LogP contribution in [0.4, 0.5) is 0 Å². The highest BCUT2D eigenvalue weighted by Gasteiger charge is 2.13. The molecule has 1 aromatic rings. The van der Waals surface area contributed by atoms with Gasteiger partial charge in [0.2, 0.25) is 0 Å². The Morgan fingerprint density at radius 2 is 1.78 bits per heavy atom. The van der Waals surface area contributed by atoms with Crippen LogP contribution in [0.3, 0.4) is 0 Å². The molecule has 1 aromatic carbocycles. The van der Waals surface area contributed by atoms with E-state index in [4.69, 9.17) is 16.3 Å². The molecule has 0 unspecified atom stereocenters. The lowest BCUT2D eigenvalue weighted by Crippen LogP contribution is -2.31. The molecule has 0 aliphatic carbocycles. The molecule has 1 N–H and O–H groups in total. The zero-order valence-corrected chi connectivity index (χ0v) is 13.6. The van der Waals surface area contributed by atoms with Gasteiger partial charge in [-0.2, -0.15) is 0 Å². The standard InChI is InChI=1S/C16H18ClNO5/c1-3-22-15(20)8-9-16(21)23-10-14(19)18-11(2)12-6-4-5-7-13(12)17/h4-9,11H,3,10H2,1-2H3,(H,18,19)/b9-8+/t11-/m1/s1. The SMILES string of the molecule is CCOC(=O)/C=C/C(=O)OCC(=O)N[C@H](C)c1ccccc1Cl. The van der Waals surface area contributed by atoms with Crippen molar-refractivity contribution in [2.24, 2.45) is 0 Å². The molecule has 0 bridgehead atoms. The van der Waals surface area contributed by atoms with Gasteiger partial charge in [-0.3, -0.25) is 4.79 Å². The summed E-state index contributed by atoms with van der Waals surface area (Å²) in [5.74, 6) is -1.94. The quantitative estimate of drug-likeness (QED) is 0.608. The highest BCUT2D eigenvalue weighted by atomic mass is 35.5. The lowest BCUT2D eigenvalue weighted by molar-refractivity contribution is -0.144. The highest BCUT2D eigenvalue weighted by molar-refractivity contribution is 6.31. The number of rotatable bonds is 7. The normalized spacial score (nSPS) is 11.8. The van der Waals surface area contributed by atoms with Crippen LogP contribution in [0.15, 0.2) is 36.4 Å². The fraction of sp³-hybridized carbons (Fsp3) is 0.312. The zero-order chi connectivity index (χ0) is 17.2. The molecule has 0 fully saturated rings. The Morgan fingerprint density at radius 1 is 1.17 bits per heavy atom. The minimum atomic E-state index is -0.807. The van der Waals surface area contributed by atoms with Crippen molar-refractivity contribution < 1.29 is 23.9 Å². The van der Waals surface area contributed by atoms with Crippen molar-refractivity contribution in [3.8, 4) is 0 Å². The van der Waals surface area contributed by atoms with Crippen molar-refractivity contribution in [2.45, 2.75) is 19.9 Å². The summed E-state index contributed by atoms with van der Waals surface area (Å²) in [7, 11) is 0. The van der Waals surface area contributed by atoms with E-state index in [1.165, 1.54) is 0 Å². The number of hydrogen-bond donors (Lipinski definition) is 1. The second-order valence-corrected chi connectivity index (χ2v) is 4.91. The Morgan fingerprint density at radius 3 is 2.39 bits per heavy atom. The summed E-state index contributed by atoms with van der Waals surface area (Å²) in [4.78, 5) is 34.1. The Hall–Kier alpha value is -2.34. The van der Waals surface area contributed by atoms with Gasteiger partial charge in [-0.25, -0.2) is 9.59 Å². The predicted octanol–water partition coefficient (Wildman–Crippen LogP) is 2.18. The van der Waals surface area contributed by atoms with Crippen molar-refractivity contribution in [1.29, 1.82) is 0 Å². The summed E-state index contributed by atoms with van der Waals surface area (Å²) >= 11 is 6.04. The van der Waals surface area contributed by atoms with Gasteiger partial charge in [-0.15, -0.1) is 0 Å². The Labute approximate surface area is 139 Å². The van der Waals surface area contributed by atoms with Crippen LogP contribution in [0.2, 0.25) is 5.02 Å². The minimum absolute atomic E-state index is 0.209. The van der Waals surface area contributed by atoms with Gasteiger partial charge in [0.25, 0.3) is 5.91 Å². The Bertz CT molecular complexity index is 600. The van der Waals surface area contributed by atoms with E-state index in [-0.39, 0.29) is 12.6 Å². The molecule has 1 rings (SSSR count). The third kappa shape index (κ3) is 6.97. The zero-order valence-electron chi connectivity index (χ0n) is 12.9. The van der Waals surface area contributed by atoms with Crippen molar-refractivity contribution in [3.63, 3.8) is 0 Å². The van der Waals surface area contributed by atoms with Crippen molar-refractivity contribution in [1.82, 2.24) is 5.32 Å². The molecule has 124 valence electrons. The number of amides is 1. The van der Waals surface area contributed by atoms with Crippen LogP contribution < -0.4 is 5.32 Å². The number of halogens is 1. The fourth-order valence-electron chi connectivity index (χ4n) is 1.70. The fourth-order valence-corrected chi connectivity index (χ4v) is 2.00. The lowest BCUT2D eigenvalue weighted by Gasteiger charge is -2.15. The van der Waals surface area contributed by atoms with Crippen LogP contribution in [-0.4, -0.2) is 31.1 Å². The van der Waals surface area contributed by atoms with Gasteiger partial charge < -0.3 is 14.8 Å². The van der Waals surface area contributed by atoms with E-state index in [1.807, 2.05) is 6.07 Å². The molecule has 23 heavy (non-hydrogen) atoms. The van der Waals surface area contributed by atoms with Gasteiger partial charge in [0.05, 0.1) is 12.6 Å². The van der Waals surface area contributed by atoms with E-state index in [1.54, 1.807) is 32.0 Å². The monoisotopic (exact) mass is 339 g/mol. The van der Waals surface area contributed by atoms with Gasteiger partial charge in [0.15, 0.2) is 6.61 Å². The van der Waals surface area contributed by atoms with E-state index in [2.05, 4.69) is 10.1 Å². The number of esters is 2. The van der Waals surface area contributed by atoms with Crippen LogP contribution in [-0.2, 0) is 23.9 Å². The maximum Gasteiger partial charge on any atom is 0.331 e. The van der Waals surface area contributed by atoms with Crippen LogP contribution >= 0.6 is 11.6 Å². The molecule has 0 aliphatic heterocycles. The van der Waals surface area contributed by atoms with Crippen molar-refractivity contribution >= 4 is 29.4 Å². The summed E-state index contributed by atoms with van der Waals surface area (Å²) in [5.41, 5.74) is 0.760. The number of ether oxygens (including phenoxy) is 2. The van der Waals surface area contributed by atoms with Crippen LogP contribution in [0, 0.1) is 0 Å². The molecule has 0 aromatic heterocycles. The van der Waals surface area contributed by atoms with Gasteiger partial charge in [-0.1, -0.05) is 29.8 Å². The topological polar surface area (TPSA) is 81.7 Å². The first-order valence-electron chi connectivity index (χ1n) is 6.99. The van der Waals surface area contributed by atoms with E-state index in [9.17, 15) is 14.4 Å². The van der Waals surface area contributed by atoms with Crippen LogP contribution in [0.5, 0.6) is 0 Å². The molecule has 0 saturated carbocycles. The van der Waals surface area contributed by atoms with Gasteiger partial charge in [0, 0.05) is 17.2 Å². The third-order valence-electron chi connectivity index (χ3n) is 2.74. The summed E-state index contributed by atoms with van der Waals surface area (Å²) in [5, 5.41) is 3.20. The number of carbonyl (C=O) groups is 3. The molecule has 1 amide bonds. The Kier molecular flexibility index (Phi) is 7.83. The summed E-state index contributed by atoms with van der Waals surface area (Å²) in [6.07, 6.45) is 1.85. The second kappa shape index (κ2) is 9.63. The first kappa shape index (κ1) is 18.7. The summed E-state index contributed by atoms with van der Waals surface area (Å²) in [6, 6.07) is 6.79. The summed E-state index contributed by atoms with van der Waals surface area (Å²) < 4.78 is 9.33. The third-order valence-corrected chi connectivity index (χ3v) is 3.08. The van der Waals surface area contributed by atoms with E-state index >= 15 is 0 Å². The number of hydrogen-bond acceptors (Lipinski definition) is 5. The average molecular weight is 340 g/mol. The van der Waals surface area contributed by atoms with Crippen LogP contribution in [0.25, 0.3) is 0 Å². The first-order chi connectivity index (χ1) is 10.9. The van der Waals surface area contributed by atoms with E-state index in [0.29, 0.717) is 5.02 Å². The van der Waals surface area contributed by atoms with Gasteiger partial charge in [-0.05, 0) is 25.5 Å². The number of benzene rings is 1. The van der Waals surface area contributed by atoms with Gasteiger partial charge in [0.1, 0.15) is 0 Å². The van der Waals surface area contributed by atoms with E-state index in [0.717, 1.165) is 17.7 Å². The largest absolute Gasteiger partial charge is 0.463 e. The maximum atomic E-state index is 11.7. The minimum Gasteiger partial charge on any atom is -0.463 e. The molecule has 7 heteroatoms. The molecule has 0 aliphatic rings. The average Bonchev–Trinajstić information content (AvgIpc) is 2.51. The number of nitrogens with one attached hydrogen (secondary N) is 1. The molecule has 0 saturated heterocycles. The van der Waals surface area contributed by atoms with Crippen molar-refractivity contribution in [2.75, 3.05) is 13.2 Å². The number of carbonyl (C=O) groups excluding carboxylic acids is 3. The van der Waals surface area contributed by atoms with Gasteiger partial charge >= 0.3 is 11.9 Å². The van der Waals surface area contributed by atoms with Crippen LogP contribution in [0.1, 0.15) is 25.5 Å². The molecule has 0 radical (unpaired) electrons. The highest BCUT2D eigenvalue weighted by Crippen LogP contribution is 2.21. The molecule has 0 spiro atoms. The molecule has 0 heterocycles. The van der Waals surface area contributed by atoms with Crippen molar-refractivity contribution in [3.05, 3.63) is 47.0 Å². The second-order valence-electron chi connectivity index (χ2n) is 4.50. The smallest absolute Gasteiger partial charge is 0.331 e. The Balaban J connectivity index is 2.41. The molecule has 1 atom stereocenters. The molecular weight excluding hydrogens is 322 g/mol. The lowest BCUT2D eigenvalue weighted by atomic mass is 10.1. The summed E-state index contributed by atoms with van der Waals surface area (Å²) in [6.45, 7) is 3.16. The maximum absolute atomic E-state index is 11.7. The molecular formula is C16H18ClNO5.